The van der Waals surface area contributed by atoms with Crippen LogP contribution >= 0.6 is 0 Å². The van der Waals surface area contributed by atoms with Gasteiger partial charge in [-0.15, -0.1) is 0 Å². The predicted octanol–water partition coefficient (Wildman–Crippen LogP) is 1.08. The number of nitrogens with one attached hydrogen (secondary N) is 2. The van der Waals surface area contributed by atoms with Gasteiger partial charge in [0.25, 0.3) is 0 Å². The van der Waals surface area contributed by atoms with Crippen molar-refractivity contribution in [1.29, 1.82) is 0 Å². The summed E-state index contributed by atoms with van der Waals surface area (Å²) >= 11 is 0. The van der Waals surface area contributed by atoms with Gasteiger partial charge in [-0.2, -0.15) is 0 Å². The van der Waals surface area contributed by atoms with Crippen LogP contribution in [-0.2, 0) is 20.9 Å². The maximum atomic E-state index is 12.3. The summed E-state index contributed by atoms with van der Waals surface area (Å²) in [7, 11) is 0. The molecule has 0 aliphatic carbocycles. The molecule has 0 radical (unpaired) electrons. The molecule has 138 valence electrons. The number of nitrogens with zero attached hydrogens (tertiary/aromatic N) is 2. The molecular weight excluding hydrogens is 320 g/mol. The molecule has 2 amide bonds. The maximum Gasteiger partial charge on any atom is 0.243 e. The van der Waals surface area contributed by atoms with E-state index in [1.807, 2.05) is 26.0 Å². The number of anilines is 1. The summed E-state index contributed by atoms with van der Waals surface area (Å²) in [5.41, 5.74) is 0.920. The lowest BCUT2D eigenvalue weighted by Gasteiger charge is -2.32. The highest BCUT2D eigenvalue weighted by Crippen LogP contribution is 2.15. The number of pyridine rings is 1. The van der Waals surface area contributed by atoms with Gasteiger partial charge in [0.1, 0.15) is 11.9 Å². The summed E-state index contributed by atoms with van der Waals surface area (Å²) in [5.74, 6) is 0.548. The summed E-state index contributed by atoms with van der Waals surface area (Å²) in [5, 5.41) is 5.55. The van der Waals surface area contributed by atoms with E-state index in [2.05, 4.69) is 27.4 Å². The SMILES string of the molecule is CC(=O)N[C@H](C(=O)NCc1ccc(N2CCO[C@@H](C)C2)nc1)C(C)C. The molecule has 7 nitrogen and oxygen atoms in total. The predicted molar refractivity (Wildman–Crippen MR) is 96.2 cm³/mol. The number of ether oxygens (including phenoxy) is 1. The smallest absolute Gasteiger partial charge is 0.243 e. The molecule has 2 heterocycles. The Labute approximate surface area is 149 Å². The third-order valence-corrected chi connectivity index (χ3v) is 4.15. The second-order valence-electron chi connectivity index (χ2n) is 6.79. The van der Waals surface area contributed by atoms with E-state index in [-0.39, 0.29) is 23.8 Å². The number of amides is 2. The van der Waals surface area contributed by atoms with Gasteiger partial charge in [0.05, 0.1) is 12.7 Å². The van der Waals surface area contributed by atoms with Crippen molar-refractivity contribution in [3.63, 3.8) is 0 Å². The van der Waals surface area contributed by atoms with Gasteiger partial charge in [-0.3, -0.25) is 9.59 Å². The third-order valence-electron chi connectivity index (χ3n) is 4.15. The number of hydrogen-bond donors (Lipinski definition) is 2. The van der Waals surface area contributed by atoms with Crippen LogP contribution in [0, 0.1) is 5.92 Å². The van der Waals surface area contributed by atoms with E-state index in [4.69, 9.17) is 4.74 Å². The quantitative estimate of drug-likeness (QED) is 0.804. The minimum atomic E-state index is -0.528. The van der Waals surface area contributed by atoms with Crippen LogP contribution in [0.15, 0.2) is 18.3 Å². The van der Waals surface area contributed by atoms with Gasteiger partial charge in [-0.05, 0) is 24.5 Å². The molecular formula is C18H28N4O3. The molecule has 25 heavy (non-hydrogen) atoms. The van der Waals surface area contributed by atoms with Gasteiger partial charge in [0.15, 0.2) is 0 Å². The highest BCUT2D eigenvalue weighted by atomic mass is 16.5. The summed E-state index contributed by atoms with van der Waals surface area (Å²) in [6.45, 7) is 10.0. The number of carbonyl (C=O) groups excluding carboxylic acids is 2. The molecule has 0 aromatic carbocycles. The maximum absolute atomic E-state index is 12.3. The van der Waals surface area contributed by atoms with Crippen LogP contribution in [0.5, 0.6) is 0 Å². The van der Waals surface area contributed by atoms with E-state index in [0.29, 0.717) is 13.2 Å². The number of carbonyl (C=O) groups is 2. The number of hydrogen-bond acceptors (Lipinski definition) is 5. The molecule has 1 saturated heterocycles. The lowest BCUT2D eigenvalue weighted by Crippen LogP contribution is -2.48. The normalized spacial score (nSPS) is 18.8. The Morgan fingerprint density at radius 2 is 2.16 bits per heavy atom. The summed E-state index contributed by atoms with van der Waals surface area (Å²) in [6.07, 6.45) is 1.98. The first-order valence-electron chi connectivity index (χ1n) is 8.73. The topological polar surface area (TPSA) is 83.6 Å². The fraction of sp³-hybridized carbons (Fsp3) is 0.611. The van der Waals surface area contributed by atoms with E-state index in [9.17, 15) is 9.59 Å². The Morgan fingerprint density at radius 1 is 1.40 bits per heavy atom. The molecule has 2 atom stereocenters. The summed E-state index contributed by atoms with van der Waals surface area (Å²) in [6, 6.07) is 3.40. The van der Waals surface area contributed by atoms with Crippen molar-refractivity contribution in [3.8, 4) is 0 Å². The Bertz CT molecular complexity index is 588. The molecule has 1 aromatic rings. The first-order chi connectivity index (χ1) is 11.9. The third kappa shape index (κ3) is 5.70. The van der Waals surface area contributed by atoms with Crippen molar-refractivity contribution in [1.82, 2.24) is 15.6 Å². The van der Waals surface area contributed by atoms with E-state index < -0.39 is 6.04 Å². The van der Waals surface area contributed by atoms with Crippen molar-refractivity contribution in [2.24, 2.45) is 5.92 Å². The van der Waals surface area contributed by atoms with Crippen molar-refractivity contribution in [2.75, 3.05) is 24.6 Å². The Morgan fingerprint density at radius 3 is 2.72 bits per heavy atom. The van der Waals surface area contributed by atoms with Gasteiger partial charge in [0, 0.05) is 32.8 Å². The Balaban J connectivity index is 1.90. The summed E-state index contributed by atoms with van der Waals surface area (Å²) < 4.78 is 5.54. The second-order valence-corrected chi connectivity index (χ2v) is 6.79. The molecule has 2 N–H and O–H groups in total. The number of rotatable bonds is 6. The zero-order valence-corrected chi connectivity index (χ0v) is 15.4. The van der Waals surface area contributed by atoms with E-state index in [1.54, 1.807) is 6.20 Å². The average Bonchev–Trinajstić information content (AvgIpc) is 2.57. The molecule has 0 spiro atoms. The van der Waals surface area contributed by atoms with Crippen molar-refractivity contribution in [3.05, 3.63) is 23.9 Å². The van der Waals surface area contributed by atoms with Crippen LogP contribution in [0.4, 0.5) is 5.82 Å². The van der Waals surface area contributed by atoms with Crippen LogP contribution in [-0.4, -0.2) is 48.6 Å². The molecule has 0 saturated carbocycles. The molecule has 1 fully saturated rings. The first kappa shape index (κ1) is 19.2. The molecule has 1 aliphatic rings. The zero-order chi connectivity index (χ0) is 18.4. The van der Waals surface area contributed by atoms with Crippen molar-refractivity contribution < 1.29 is 14.3 Å². The zero-order valence-electron chi connectivity index (χ0n) is 15.4. The number of aromatic nitrogens is 1. The molecule has 2 rings (SSSR count). The molecule has 0 bridgehead atoms. The summed E-state index contributed by atoms with van der Waals surface area (Å²) in [4.78, 5) is 30.2. The lowest BCUT2D eigenvalue weighted by molar-refractivity contribution is -0.129. The lowest BCUT2D eigenvalue weighted by atomic mass is 10.0. The van der Waals surface area contributed by atoms with Crippen LogP contribution < -0.4 is 15.5 Å². The van der Waals surface area contributed by atoms with Crippen LogP contribution in [0.1, 0.15) is 33.3 Å². The monoisotopic (exact) mass is 348 g/mol. The van der Waals surface area contributed by atoms with Gasteiger partial charge < -0.3 is 20.3 Å². The Kier molecular flexibility index (Phi) is 6.75. The van der Waals surface area contributed by atoms with Crippen LogP contribution in [0.25, 0.3) is 0 Å². The average molecular weight is 348 g/mol. The van der Waals surface area contributed by atoms with Crippen molar-refractivity contribution >= 4 is 17.6 Å². The van der Waals surface area contributed by atoms with E-state index >= 15 is 0 Å². The van der Waals surface area contributed by atoms with Gasteiger partial charge >= 0.3 is 0 Å². The largest absolute Gasteiger partial charge is 0.375 e. The van der Waals surface area contributed by atoms with Gasteiger partial charge in [0.2, 0.25) is 11.8 Å². The van der Waals surface area contributed by atoms with Gasteiger partial charge in [-0.25, -0.2) is 4.98 Å². The molecule has 7 heteroatoms. The molecule has 0 unspecified atom stereocenters. The Hall–Kier alpha value is -2.15. The highest BCUT2D eigenvalue weighted by molar-refractivity contribution is 5.87. The molecule has 1 aromatic heterocycles. The fourth-order valence-corrected chi connectivity index (χ4v) is 2.79. The fourth-order valence-electron chi connectivity index (χ4n) is 2.79. The van der Waals surface area contributed by atoms with Crippen molar-refractivity contribution in [2.45, 2.75) is 46.4 Å². The van der Waals surface area contributed by atoms with Crippen LogP contribution in [0.3, 0.4) is 0 Å². The minimum Gasteiger partial charge on any atom is -0.375 e. The standard InChI is InChI=1S/C18H28N4O3/c1-12(2)17(21-14(4)23)18(24)20-10-15-5-6-16(19-9-15)22-7-8-25-13(3)11-22/h5-6,9,12-13,17H,7-8,10-11H2,1-4H3,(H,20,24)(H,21,23)/t13-,17-/m0/s1. The minimum absolute atomic E-state index is 0.0210. The van der Waals surface area contributed by atoms with E-state index in [0.717, 1.165) is 24.5 Å². The van der Waals surface area contributed by atoms with Gasteiger partial charge in [-0.1, -0.05) is 19.9 Å². The second kappa shape index (κ2) is 8.80. The molecule has 1 aliphatic heterocycles. The first-order valence-corrected chi connectivity index (χ1v) is 8.73. The van der Waals surface area contributed by atoms with E-state index in [1.165, 1.54) is 6.92 Å². The van der Waals surface area contributed by atoms with Crippen LogP contribution in [0.2, 0.25) is 0 Å². The number of morpholine rings is 1. The highest BCUT2D eigenvalue weighted by Gasteiger charge is 2.22.